The number of anilines is 1. The second-order valence-electron chi connectivity index (χ2n) is 6.19. The smallest absolute Gasteiger partial charge is 0.272 e. The number of carbonyl (C=O) groups excluding carboxylic acids is 1. The van der Waals surface area contributed by atoms with Gasteiger partial charge in [-0.15, -0.1) is 0 Å². The van der Waals surface area contributed by atoms with Gasteiger partial charge >= 0.3 is 0 Å². The minimum atomic E-state index is -0.898. The first-order valence-electron chi connectivity index (χ1n) is 8.65. The molecule has 2 aromatic rings. The lowest BCUT2D eigenvalue weighted by Gasteiger charge is -2.35. The van der Waals surface area contributed by atoms with Crippen LogP contribution in [0.5, 0.6) is 0 Å². The first-order chi connectivity index (χ1) is 13.0. The average Bonchev–Trinajstić information content (AvgIpc) is 2.69. The zero-order valence-corrected chi connectivity index (χ0v) is 14.7. The van der Waals surface area contributed by atoms with Gasteiger partial charge in [0.25, 0.3) is 11.6 Å². The SMILES string of the molecule is O=C(NCCN1CCN(c2ccccn2)CC1)c1ccc([N+](=O)[O-])cc1F. The molecule has 27 heavy (non-hydrogen) atoms. The molecule has 1 fully saturated rings. The summed E-state index contributed by atoms with van der Waals surface area (Å²) in [6, 6.07) is 8.83. The van der Waals surface area contributed by atoms with Crippen molar-refractivity contribution in [2.24, 2.45) is 0 Å². The average molecular weight is 373 g/mol. The van der Waals surface area contributed by atoms with E-state index in [0.29, 0.717) is 13.1 Å². The number of aromatic nitrogens is 1. The molecule has 0 bridgehead atoms. The zero-order valence-electron chi connectivity index (χ0n) is 14.7. The van der Waals surface area contributed by atoms with Crippen LogP contribution in [0.2, 0.25) is 0 Å². The van der Waals surface area contributed by atoms with Crippen molar-refractivity contribution in [1.29, 1.82) is 0 Å². The Labute approximate surface area is 155 Å². The number of nitro groups is 1. The topological polar surface area (TPSA) is 91.6 Å². The lowest BCUT2D eigenvalue weighted by molar-refractivity contribution is -0.385. The largest absolute Gasteiger partial charge is 0.354 e. The molecule has 0 atom stereocenters. The molecule has 0 radical (unpaired) electrons. The Morgan fingerprint density at radius 2 is 2.00 bits per heavy atom. The van der Waals surface area contributed by atoms with Crippen LogP contribution in [0, 0.1) is 15.9 Å². The van der Waals surface area contributed by atoms with Crippen LogP contribution >= 0.6 is 0 Å². The van der Waals surface area contributed by atoms with E-state index in [4.69, 9.17) is 0 Å². The fraction of sp³-hybridized carbons (Fsp3) is 0.333. The first-order valence-corrected chi connectivity index (χ1v) is 8.65. The van der Waals surface area contributed by atoms with E-state index in [9.17, 15) is 19.3 Å². The number of piperazine rings is 1. The Morgan fingerprint density at radius 1 is 1.22 bits per heavy atom. The van der Waals surface area contributed by atoms with Gasteiger partial charge in [-0.25, -0.2) is 9.37 Å². The molecule has 0 spiro atoms. The van der Waals surface area contributed by atoms with Crippen LogP contribution in [0.4, 0.5) is 15.9 Å². The molecule has 8 nitrogen and oxygen atoms in total. The molecule has 1 aromatic carbocycles. The molecule has 0 saturated carbocycles. The minimum absolute atomic E-state index is 0.194. The highest BCUT2D eigenvalue weighted by molar-refractivity contribution is 5.94. The summed E-state index contributed by atoms with van der Waals surface area (Å²) in [6.07, 6.45) is 1.77. The fourth-order valence-corrected chi connectivity index (χ4v) is 2.97. The molecule has 1 N–H and O–H groups in total. The number of non-ortho nitro benzene ring substituents is 1. The molecular formula is C18H20FN5O3. The van der Waals surface area contributed by atoms with Crippen LogP contribution < -0.4 is 10.2 Å². The van der Waals surface area contributed by atoms with Crippen LogP contribution in [-0.2, 0) is 0 Å². The third kappa shape index (κ3) is 4.76. The number of amides is 1. The molecule has 1 aromatic heterocycles. The summed E-state index contributed by atoms with van der Waals surface area (Å²) in [5.41, 5.74) is -0.574. The summed E-state index contributed by atoms with van der Waals surface area (Å²) in [5.74, 6) is -0.515. The van der Waals surface area contributed by atoms with Gasteiger partial charge in [-0.3, -0.25) is 19.8 Å². The van der Waals surface area contributed by atoms with E-state index in [1.165, 1.54) is 0 Å². The van der Waals surface area contributed by atoms with Crippen LogP contribution in [0.3, 0.4) is 0 Å². The summed E-state index contributed by atoms with van der Waals surface area (Å²) in [5, 5.41) is 13.3. The standard InChI is InChI=1S/C18H20FN5O3/c19-16-13-14(24(26)27)4-5-15(16)18(25)21-7-8-22-9-11-23(12-10-22)17-3-1-2-6-20-17/h1-6,13H,7-12H2,(H,21,25). The summed E-state index contributed by atoms with van der Waals surface area (Å²) in [4.78, 5) is 30.8. The van der Waals surface area contributed by atoms with Crippen molar-refractivity contribution < 1.29 is 14.1 Å². The number of nitrogens with one attached hydrogen (secondary N) is 1. The van der Waals surface area contributed by atoms with Gasteiger partial charge in [-0.05, 0) is 18.2 Å². The van der Waals surface area contributed by atoms with Crippen molar-refractivity contribution in [2.75, 3.05) is 44.2 Å². The Balaban J connectivity index is 1.44. The molecule has 142 valence electrons. The van der Waals surface area contributed by atoms with E-state index in [2.05, 4.69) is 20.1 Å². The number of pyridine rings is 1. The second-order valence-corrected chi connectivity index (χ2v) is 6.19. The lowest BCUT2D eigenvalue weighted by Crippen LogP contribution is -2.48. The first kappa shape index (κ1) is 18.7. The maximum Gasteiger partial charge on any atom is 0.272 e. The number of carbonyl (C=O) groups is 1. The number of benzene rings is 1. The molecule has 1 aliphatic rings. The van der Waals surface area contributed by atoms with E-state index in [1.54, 1.807) is 6.20 Å². The van der Waals surface area contributed by atoms with Crippen LogP contribution in [0.25, 0.3) is 0 Å². The van der Waals surface area contributed by atoms with Crippen molar-refractivity contribution >= 4 is 17.4 Å². The van der Waals surface area contributed by atoms with Crippen molar-refractivity contribution in [3.8, 4) is 0 Å². The maximum absolute atomic E-state index is 13.9. The number of nitrogens with zero attached hydrogens (tertiary/aromatic N) is 4. The minimum Gasteiger partial charge on any atom is -0.354 e. The van der Waals surface area contributed by atoms with Crippen LogP contribution in [-0.4, -0.2) is 60.0 Å². The van der Waals surface area contributed by atoms with Crippen LogP contribution in [0.15, 0.2) is 42.6 Å². The molecule has 3 rings (SSSR count). The van der Waals surface area contributed by atoms with Crippen molar-refractivity contribution in [3.63, 3.8) is 0 Å². The summed E-state index contributed by atoms with van der Waals surface area (Å²) < 4.78 is 13.9. The number of hydrogen-bond acceptors (Lipinski definition) is 6. The van der Waals surface area contributed by atoms with Gasteiger partial charge in [0.05, 0.1) is 16.6 Å². The van der Waals surface area contributed by atoms with E-state index >= 15 is 0 Å². The Kier molecular flexibility index (Phi) is 5.92. The number of nitro benzene ring substituents is 1. The van der Waals surface area contributed by atoms with E-state index in [-0.39, 0.29) is 11.3 Å². The molecule has 0 aliphatic carbocycles. The molecule has 1 amide bonds. The fourth-order valence-electron chi connectivity index (χ4n) is 2.97. The Hall–Kier alpha value is -3.07. The van der Waals surface area contributed by atoms with Crippen LogP contribution in [0.1, 0.15) is 10.4 Å². The van der Waals surface area contributed by atoms with Crippen molar-refractivity contribution in [1.82, 2.24) is 15.2 Å². The highest BCUT2D eigenvalue weighted by Gasteiger charge is 2.19. The molecule has 2 heterocycles. The number of rotatable bonds is 6. The van der Waals surface area contributed by atoms with Crippen molar-refractivity contribution in [2.45, 2.75) is 0 Å². The summed E-state index contributed by atoms with van der Waals surface area (Å²) >= 11 is 0. The van der Waals surface area contributed by atoms with Gasteiger partial charge in [0, 0.05) is 51.5 Å². The van der Waals surface area contributed by atoms with Gasteiger partial charge in [0.15, 0.2) is 0 Å². The van der Waals surface area contributed by atoms with Gasteiger partial charge < -0.3 is 10.2 Å². The Morgan fingerprint density at radius 3 is 2.63 bits per heavy atom. The third-order valence-electron chi connectivity index (χ3n) is 4.47. The quantitative estimate of drug-likeness (QED) is 0.612. The highest BCUT2D eigenvalue weighted by atomic mass is 19.1. The van der Waals surface area contributed by atoms with E-state index in [0.717, 1.165) is 50.2 Å². The third-order valence-corrected chi connectivity index (χ3v) is 4.47. The predicted octanol–water partition coefficient (Wildman–Crippen LogP) is 1.68. The monoisotopic (exact) mass is 373 g/mol. The lowest BCUT2D eigenvalue weighted by atomic mass is 10.2. The maximum atomic E-state index is 13.9. The molecule has 1 aliphatic heterocycles. The number of halogens is 1. The van der Waals surface area contributed by atoms with Gasteiger partial charge in [-0.1, -0.05) is 6.07 Å². The highest BCUT2D eigenvalue weighted by Crippen LogP contribution is 2.16. The zero-order chi connectivity index (χ0) is 19.2. The normalized spacial score (nSPS) is 14.8. The van der Waals surface area contributed by atoms with Crippen molar-refractivity contribution in [3.05, 3.63) is 64.1 Å². The summed E-state index contributed by atoms with van der Waals surface area (Å²) in [7, 11) is 0. The molecule has 0 unspecified atom stereocenters. The molecule has 1 saturated heterocycles. The van der Waals surface area contributed by atoms with Gasteiger partial charge in [0.2, 0.25) is 0 Å². The van der Waals surface area contributed by atoms with E-state index < -0.39 is 16.6 Å². The van der Waals surface area contributed by atoms with Gasteiger partial charge in [-0.2, -0.15) is 0 Å². The molecule has 9 heteroatoms. The summed E-state index contributed by atoms with van der Waals surface area (Å²) in [6.45, 7) is 4.41. The van der Waals surface area contributed by atoms with E-state index in [1.807, 2.05) is 18.2 Å². The second kappa shape index (κ2) is 8.54. The van der Waals surface area contributed by atoms with Gasteiger partial charge in [0.1, 0.15) is 11.6 Å². The number of hydrogen-bond donors (Lipinski definition) is 1. The molecular weight excluding hydrogens is 353 g/mol. The Bertz CT molecular complexity index is 810. The predicted molar refractivity (Wildman–Crippen MR) is 98.3 cm³/mol.